The van der Waals surface area contributed by atoms with Gasteiger partial charge in [-0.05, 0) is 83.9 Å². The van der Waals surface area contributed by atoms with Crippen molar-refractivity contribution in [2.75, 3.05) is 13.1 Å². The lowest BCUT2D eigenvalue weighted by Crippen LogP contribution is -2.46. The van der Waals surface area contributed by atoms with Crippen LogP contribution in [0.1, 0.15) is 63.5 Å². The number of rotatable bonds is 4. The van der Waals surface area contributed by atoms with Crippen LogP contribution in [0, 0.1) is 5.92 Å². The normalized spacial score (nSPS) is 18.9. The first-order valence-corrected chi connectivity index (χ1v) is 18.0. The molecular formula is C36H32Cl4N4O2S. The zero-order valence-corrected chi connectivity index (χ0v) is 29.2. The van der Waals surface area contributed by atoms with Crippen LogP contribution in [0.4, 0.5) is 0 Å². The summed E-state index contributed by atoms with van der Waals surface area (Å²) in [5, 5.41) is 4.01. The summed E-state index contributed by atoms with van der Waals surface area (Å²) >= 11 is 26.0. The molecule has 5 heterocycles. The van der Waals surface area contributed by atoms with Crippen LogP contribution in [0.2, 0.25) is 20.1 Å². The van der Waals surface area contributed by atoms with Crippen LogP contribution in [0.5, 0.6) is 0 Å². The summed E-state index contributed by atoms with van der Waals surface area (Å²) in [6, 6.07) is 23.0. The SMILES string of the molecule is O=C(C1CCC1)N1CCn2cccc2C1c1ccc(Cl)c(Cl)c1.O=C(c1cccs1)N1CCn2cccc2C1c1ccc(Cl)c(Cl)c1. The van der Waals surface area contributed by atoms with Crippen LogP contribution in [0.15, 0.2) is 90.6 Å². The van der Waals surface area contributed by atoms with E-state index in [0.29, 0.717) is 26.6 Å². The Balaban J connectivity index is 0.000000150. The number of aromatic nitrogens is 2. The van der Waals surface area contributed by atoms with Crippen molar-refractivity contribution in [2.24, 2.45) is 5.92 Å². The summed E-state index contributed by atoms with van der Waals surface area (Å²) in [6.45, 7) is 3.03. The highest BCUT2D eigenvalue weighted by molar-refractivity contribution is 7.12. The van der Waals surface area contributed by atoms with Gasteiger partial charge >= 0.3 is 0 Å². The largest absolute Gasteiger partial charge is 0.348 e. The van der Waals surface area contributed by atoms with Gasteiger partial charge in [-0.15, -0.1) is 11.3 Å². The van der Waals surface area contributed by atoms with Crippen LogP contribution in [-0.2, 0) is 17.9 Å². The third-order valence-corrected chi connectivity index (χ3v) is 11.7. The fraction of sp³-hybridized carbons (Fsp3) is 0.278. The maximum absolute atomic E-state index is 13.0. The number of carbonyl (C=O) groups is 2. The Labute approximate surface area is 298 Å². The van der Waals surface area contributed by atoms with Gasteiger partial charge in [0.05, 0.1) is 37.1 Å². The number of benzene rings is 2. The quantitative estimate of drug-likeness (QED) is 0.185. The molecule has 1 fully saturated rings. The van der Waals surface area contributed by atoms with E-state index in [2.05, 4.69) is 27.5 Å². The van der Waals surface area contributed by atoms with Crippen LogP contribution in [0.3, 0.4) is 0 Å². The molecule has 47 heavy (non-hydrogen) atoms. The molecule has 0 saturated heterocycles. The number of amides is 2. The molecule has 0 radical (unpaired) electrons. The highest BCUT2D eigenvalue weighted by Crippen LogP contribution is 2.39. The third-order valence-electron chi connectivity index (χ3n) is 9.33. The van der Waals surface area contributed by atoms with E-state index in [-0.39, 0.29) is 29.8 Å². The Hall–Kier alpha value is -3.20. The molecule has 2 aromatic carbocycles. The molecule has 2 amide bonds. The second-order valence-electron chi connectivity index (χ2n) is 12.0. The van der Waals surface area contributed by atoms with Gasteiger partial charge in [-0.2, -0.15) is 0 Å². The lowest BCUT2D eigenvalue weighted by molar-refractivity contribution is -0.141. The summed E-state index contributed by atoms with van der Waals surface area (Å²) in [5.74, 6) is 0.523. The van der Waals surface area contributed by atoms with Gasteiger partial charge in [0, 0.05) is 55.9 Å². The molecule has 0 N–H and O–H groups in total. The first kappa shape index (κ1) is 32.4. The average molecular weight is 727 g/mol. The van der Waals surface area contributed by atoms with Crippen molar-refractivity contribution in [3.8, 4) is 0 Å². The third kappa shape index (κ3) is 6.36. The van der Waals surface area contributed by atoms with E-state index >= 15 is 0 Å². The summed E-state index contributed by atoms with van der Waals surface area (Å²) in [4.78, 5) is 30.6. The van der Waals surface area contributed by atoms with E-state index in [0.717, 1.165) is 66.3 Å². The average Bonchev–Trinajstić information content (AvgIpc) is 3.84. The molecule has 2 unspecified atom stereocenters. The van der Waals surface area contributed by atoms with Crippen LogP contribution in [-0.4, -0.2) is 43.8 Å². The maximum Gasteiger partial charge on any atom is 0.264 e. The Morgan fingerprint density at radius 2 is 1.19 bits per heavy atom. The van der Waals surface area contributed by atoms with E-state index in [4.69, 9.17) is 46.4 Å². The summed E-state index contributed by atoms with van der Waals surface area (Å²) in [7, 11) is 0. The van der Waals surface area contributed by atoms with Gasteiger partial charge in [0.1, 0.15) is 0 Å². The second-order valence-corrected chi connectivity index (χ2v) is 14.6. The Kier molecular flexibility index (Phi) is 9.45. The molecule has 8 rings (SSSR count). The molecule has 0 spiro atoms. The Morgan fingerprint density at radius 3 is 1.68 bits per heavy atom. The van der Waals surface area contributed by atoms with Gasteiger partial charge in [0.15, 0.2) is 0 Å². The highest BCUT2D eigenvalue weighted by atomic mass is 35.5. The second kappa shape index (κ2) is 13.7. The first-order chi connectivity index (χ1) is 22.8. The molecular weight excluding hydrogens is 694 g/mol. The number of thiophene rings is 1. The van der Waals surface area contributed by atoms with Gasteiger partial charge in [-0.1, -0.05) is 71.0 Å². The minimum atomic E-state index is -0.168. The van der Waals surface area contributed by atoms with E-state index in [1.807, 2.05) is 76.0 Å². The van der Waals surface area contributed by atoms with Gasteiger partial charge in [-0.25, -0.2) is 0 Å². The van der Waals surface area contributed by atoms with Gasteiger partial charge in [0.2, 0.25) is 5.91 Å². The van der Waals surface area contributed by atoms with Crippen molar-refractivity contribution in [1.82, 2.24) is 18.9 Å². The van der Waals surface area contributed by atoms with Crippen LogP contribution < -0.4 is 0 Å². The summed E-state index contributed by atoms with van der Waals surface area (Å²) < 4.78 is 4.41. The Morgan fingerprint density at radius 1 is 0.638 bits per heavy atom. The number of fused-ring (bicyclic) bond motifs is 2. The summed E-state index contributed by atoms with van der Waals surface area (Å²) in [6.07, 6.45) is 7.32. The molecule has 1 saturated carbocycles. The van der Waals surface area contributed by atoms with E-state index in [9.17, 15) is 9.59 Å². The zero-order chi connectivity index (χ0) is 32.7. The monoisotopic (exact) mass is 724 g/mol. The number of hydrogen-bond donors (Lipinski definition) is 0. The van der Waals surface area contributed by atoms with Gasteiger partial charge < -0.3 is 18.9 Å². The highest BCUT2D eigenvalue weighted by Gasteiger charge is 2.37. The van der Waals surface area contributed by atoms with Crippen molar-refractivity contribution in [3.63, 3.8) is 0 Å². The summed E-state index contributed by atoms with van der Waals surface area (Å²) in [5.41, 5.74) is 4.22. The van der Waals surface area contributed by atoms with E-state index in [1.165, 1.54) is 11.3 Å². The topological polar surface area (TPSA) is 50.5 Å². The molecule has 2 aliphatic heterocycles. The number of halogens is 4. The smallest absolute Gasteiger partial charge is 0.264 e. The maximum atomic E-state index is 13.0. The van der Waals surface area contributed by atoms with Gasteiger partial charge in [-0.3, -0.25) is 9.59 Å². The van der Waals surface area contributed by atoms with Gasteiger partial charge in [0.25, 0.3) is 5.91 Å². The molecule has 2 atom stereocenters. The van der Waals surface area contributed by atoms with Crippen LogP contribution >= 0.6 is 57.7 Å². The van der Waals surface area contributed by atoms with E-state index < -0.39 is 0 Å². The lowest BCUT2D eigenvalue weighted by atomic mass is 9.83. The standard InChI is InChI=1S/C18H14Cl2N2OS.C18H18Cl2N2O/c19-13-6-5-12(11-14(13)20)17-15-3-1-7-21(15)8-9-22(17)18(23)16-4-2-10-24-16;19-14-7-6-13(11-15(14)20)17-16-5-2-8-21(16)9-10-22(17)18(23)12-3-1-4-12/h1-7,10-11,17H,8-9H2;2,5-8,11-12,17H,1,3-4,9-10H2. The molecule has 3 aromatic heterocycles. The van der Waals surface area contributed by atoms with E-state index in [1.54, 1.807) is 6.07 Å². The van der Waals surface area contributed by atoms with Crippen molar-refractivity contribution < 1.29 is 9.59 Å². The first-order valence-electron chi connectivity index (χ1n) is 15.6. The number of hydrogen-bond acceptors (Lipinski definition) is 3. The minimum absolute atomic E-state index is 0.0496. The Bertz CT molecular complexity index is 1920. The molecule has 3 aliphatic rings. The van der Waals surface area contributed by atoms with Crippen molar-refractivity contribution in [2.45, 2.75) is 44.4 Å². The number of nitrogens with zero attached hydrogens (tertiary/aromatic N) is 4. The van der Waals surface area contributed by atoms with Crippen LogP contribution in [0.25, 0.3) is 0 Å². The predicted molar refractivity (Wildman–Crippen MR) is 190 cm³/mol. The molecule has 11 heteroatoms. The van der Waals surface area contributed by atoms with Crippen molar-refractivity contribution in [1.29, 1.82) is 0 Å². The number of carbonyl (C=O) groups excluding carboxylic acids is 2. The molecule has 6 nitrogen and oxygen atoms in total. The molecule has 1 aliphatic carbocycles. The predicted octanol–water partition coefficient (Wildman–Crippen LogP) is 9.63. The molecule has 5 aromatic rings. The minimum Gasteiger partial charge on any atom is -0.348 e. The molecule has 242 valence electrons. The molecule has 0 bridgehead atoms. The fourth-order valence-electron chi connectivity index (χ4n) is 6.72. The van der Waals surface area contributed by atoms with Crippen molar-refractivity contribution in [3.05, 3.63) is 138 Å². The zero-order valence-electron chi connectivity index (χ0n) is 25.4. The van der Waals surface area contributed by atoms with Crippen molar-refractivity contribution >= 4 is 69.6 Å². The lowest BCUT2D eigenvalue weighted by Gasteiger charge is -2.41. The fourth-order valence-corrected chi connectivity index (χ4v) is 8.01.